The predicted octanol–water partition coefficient (Wildman–Crippen LogP) is 0.943. The van der Waals surface area contributed by atoms with Crippen molar-refractivity contribution in [1.29, 1.82) is 0 Å². The van der Waals surface area contributed by atoms with E-state index in [-0.39, 0.29) is 5.91 Å². The van der Waals surface area contributed by atoms with Crippen LogP contribution in [0, 0.1) is 0 Å². The van der Waals surface area contributed by atoms with E-state index in [4.69, 9.17) is 5.73 Å². The number of nitrogens with two attached hydrogens (primary N) is 1. The molecular formula is C12H15N5O. The fourth-order valence-electron chi connectivity index (χ4n) is 1.46. The molecule has 1 atom stereocenters. The Labute approximate surface area is 105 Å². The van der Waals surface area contributed by atoms with Gasteiger partial charge in [0.1, 0.15) is 12.7 Å². The van der Waals surface area contributed by atoms with E-state index in [2.05, 4.69) is 15.4 Å². The molecule has 0 aliphatic carbocycles. The van der Waals surface area contributed by atoms with Crippen LogP contribution in [0.4, 0.5) is 5.69 Å². The Morgan fingerprint density at radius 2 is 2.17 bits per heavy atom. The summed E-state index contributed by atoms with van der Waals surface area (Å²) in [6.45, 7) is 1.87. The van der Waals surface area contributed by atoms with Crippen LogP contribution in [-0.2, 0) is 4.79 Å². The highest BCUT2D eigenvalue weighted by atomic mass is 16.2. The van der Waals surface area contributed by atoms with Gasteiger partial charge in [-0.1, -0.05) is 6.92 Å². The van der Waals surface area contributed by atoms with Gasteiger partial charge in [0.15, 0.2) is 0 Å². The Hall–Kier alpha value is -2.21. The van der Waals surface area contributed by atoms with Gasteiger partial charge in [0.05, 0.1) is 11.7 Å². The van der Waals surface area contributed by atoms with Crippen molar-refractivity contribution in [3.05, 3.63) is 36.9 Å². The summed E-state index contributed by atoms with van der Waals surface area (Å²) in [5.41, 5.74) is 7.23. The van der Waals surface area contributed by atoms with Crippen molar-refractivity contribution in [3.63, 3.8) is 0 Å². The van der Waals surface area contributed by atoms with E-state index in [0.29, 0.717) is 12.1 Å². The van der Waals surface area contributed by atoms with E-state index in [1.54, 1.807) is 23.1 Å². The topological polar surface area (TPSA) is 85.8 Å². The molecule has 18 heavy (non-hydrogen) atoms. The van der Waals surface area contributed by atoms with Crippen molar-refractivity contribution in [1.82, 2.24) is 14.8 Å². The van der Waals surface area contributed by atoms with Crippen molar-refractivity contribution in [2.75, 3.05) is 5.32 Å². The summed E-state index contributed by atoms with van der Waals surface area (Å²) in [6, 6.07) is 6.83. The lowest BCUT2D eigenvalue weighted by atomic mass is 10.2. The van der Waals surface area contributed by atoms with Gasteiger partial charge in [-0.15, -0.1) is 0 Å². The average molecular weight is 245 g/mol. The van der Waals surface area contributed by atoms with E-state index in [0.717, 1.165) is 5.69 Å². The van der Waals surface area contributed by atoms with Crippen molar-refractivity contribution in [2.24, 2.45) is 5.73 Å². The number of aromatic nitrogens is 3. The summed E-state index contributed by atoms with van der Waals surface area (Å²) in [5, 5.41) is 6.77. The van der Waals surface area contributed by atoms with Crippen LogP contribution in [0.3, 0.4) is 0 Å². The van der Waals surface area contributed by atoms with Gasteiger partial charge in [-0.2, -0.15) is 5.10 Å². The first-order valence-electron chi connectivity index (χ1n) is 5.72. The quantitative estimate of drug-likeness (QED) is 0.839. The molecule has 1 aromatic carbocycles. The first-order chi connectivity index (χ1) is 8.70. The summed E-state index contributed by atoms with van der Waals surface area (Å²) in [7, 11) is 0. The average Bonchev–Trinajstić information content (AvgIpc) is 2.92. The molecule has 6 heteroatoms. The van der Waals surface area contributed by atoms with Gasteiger partial charge in [0.25, 0.3) is 0 Å². The largest absolute Gasteiger partial charge is 0.325 e. The monoisotopic (exact) mass is 245 g/mol. The molecule has 0 saturated heterocycles. The molecule has 0 radical (unpaired) electrons. The normalized spacial score (nSPS) is 12.1. The number of hydrogen-bond donors (Lipinski definition) is 2. The van der Waals surface area contributed by atoms with Crippen molar-refractivity contribution >= 4 is 11.6 Å². The predicted molar refractivity (Wildman–Crippen MR) is 68.3 cm³/mol. The molecule has 0 unspecified atom stereocenters. The molecule has 2 aromatic rings. The molecule has 1 amide bonds. The maximum absolute atomic E-state index is 11.6. The second kappa shape index (κ2) is 5.42. The Kier molecular flexibility index (Phi) is 3.69. The summed E-state index contributed by atoms with van der Waals surface area (Å²) in [6.07, 6.45) is 3.69. The molecule has 0 aliphatic rings. The van der Waals surface area contributed by atoms with Crippen LogP contribution in [0.2, 0.25) is 0 Å². The highest BCUT2D eigenvalue weighted by Crippen LogP contribution is 2.12. The maximum Gasteiger partial charge on any atom is 0.241 e. The minimum Gasteiger partial charge on any atom is -0.325 e. The molecule has 6 nitrogen and oxygen atoms in total. The molecule has 1 aromatic heterocycles. The van der Waals surface area contributed by atoms with Gasteiger partial charge >= 0.3 is 0 Å². The van der Waals surface area contributed by atoms with Crippen LogP contribution in [0.1, 0.15) is 13.3 Å². The summed E-state index contributed by atoms with van der Waals surface area (Å²) < 4.78 is 1.64. The summed E-state index contributed by atoms with van der Waals surface area (Å²) >= 11 is 0. The Morgan fingerprint density at radius 1 is 1.44 bits per heavy atom. The minimum atomic E-state index is -0.472. The zero-order chi connectivity index (χ0) is 13.0. The summed E-state index contributed by atoms with van der Waals surface area (Å²) in [5.74, 6) is -0.175. The molecule has 0 saturated carbocycles. The van der Waals surface area contributed by atoms with E-state index >= 15 is 0 Å². The van der Waals surface area contributed by atoms with Crippen molar-refractivity contribution in [2.45, 2.75) is 19.4 Å². The fourth-order valence-corrected chi connectivity index (χ4v) is 1.46. The van der Waals surface area contributed by atoms with Gasteiger partial charge in [-0.25, -0.2) is 9.67 Å². The van der Waals surface area contributed by atoms with E-state index < -0.39 is 6.04 Å². The number of benzene rings is 1. The number of carbonyl (C=O) groups is 1. The van der Waals surface area contributed by atoms with Gasteiger partial charge in [-0.3, -0.25) is 4.79 Å². The van der Waals surface area contributed by atoms with Crippen LogP contribution in [0.5, 0.6) is 0 Å². The standard InChI is InChI=1S/C12H15N5O/c1-2-11(13)12(18)16-9-3-5-10(6-4-9)17-8-14-7-15-17/h3-8,11H,2,13H2,1H3,(H,16,18)/t11-/m1/s1. The van der Waals surface area contributed by atoms with Crippen LogP contribution < -0.4 is 11.1 Å². The smallest absolute Gasteiger partial charge is 0.241 e. The van der Waals surface area contributed by atoms with Gasteiger partial charge in [0.2, 0.25) is 5.91 Å². The lowest BCUT2D eigenvalue weighted by Crippen LogP contribution is -2.34. The maximum atomic E-state index is 11.6. The Bertz CT molecular complexity index is 506. The van der Waals surface area contributed by atoms with Crippen LogP contribution in [0.15, 0.2) is 36.9 Å². The molecule has 1 heterocycles. The minimum absolute atomic E-state index is 0.175. The first kappa shape index (κ1) is 12.3. The second-order valence-electron chi connectivity index (χ2n) is 3.89. The molecule has 2 rings (SSSR count). The van der Waals surface area contributed by atoms with Crippen LogP contribution in [-0.4, -0.2) is 26.7 Å². The zero-order valence-electron chi connectivity index (χ0n) is 10.1. The fraction of sp³-hybridized carbons (Fsp3) is 0.250. The zero-order valence-corrected chi connectivity index (χ0v) is 10.1. The molecule has 0 spiro atoms. The number of rotatable bonds is 4. The van der Waals surface area contributed by atoms with E-state index in [1.165, 1.54) is 6.33 Å². The number of amides is 1. The van der Waals surface area contributed by atoms with Crippen LogP contribution >= 0.6 is 0 Å². The van der Waals surface area contributed by atoms with E-state index in [9.17, 15) is 4.79 Å². The number of anilines is 1. The molecule has 0 fully saturated rings. The lowest BCUT2D eigenvalue weighted by Gasteiger charge is -2.10. The van der Waals surface area contributed by atoms with Crippen molar-refractivity contribution in [3.8, 4) is 5.69 Å². The Balaban J connectivity index is 2.06. The second-order valence-corrected chi connectivity index (χ2v) is 3.89. The van der Waals surface area contributed by atoms with Crippen molar-refractivity contribution < 1.29 is 4.79 Å². The molecular weight excluding hydrogens is 230 g/mol. The number of hydrogen-bond acceptors (Lipinski definition) is 4. The third-order valence-electron chi connectivity index (χ3n) is 2.59. The number of carbonyl (C=O) groups excluding carboxylic acids is 1. The third-order valence-corrected chi connectivity index (χ3v) is 2.59. The Morgan fingerprint density at radius 3 is 2.72 bits per heavy atom. The number of nitrogens with one attached hydrogen (secondary N) is 1. The molecule has 3 N–H and O–H groups in total. The highest BCUT2D eigenvalue weighted by molar-refractivity contribution is 5.94. The lowest BCUT2D eigenvalue weighted by molar-refractivity contribution is -0.117. The SMILES string of the molecule is CC[C@@H](N)C(=O)Nc1ccc(-n2cncn2)cc1. The van der Waals surface area contributed by atoms with Gasteiger partial charge in [-0.05, 0) is 30.7 Å². The van der Waals surface area contributed by atoms with Gasteiger partial charge < -0.3 is 11.1 Å². The number of nitrogens with zero attached hydrogens (tertiary/aromatic N) is 3. The first-order valence-corrected chi connectivity index (χ1v) is 5.72. The molecule has 0 aliphatic heterocycles. The third kappa shape index (κ3) is 2.72. The highest BCUT2D eigenvalue weighted by Gasteiger charge is 2.10. The molecule has 94 valence electrons. The van der Waals surface area contributed by atoms with Gasteiger partial charge in [0, 0.05) is 5.69 Å². The van der Waals surface area contributed by atoms with Crippen LogP contribution in [0.25, 0.3) is 5.69 Å². The van der Waals surface area contributed by atoms with E-state index in [1.807, 2.05) is 19.1 Å². The molecule has 0 bridgehead atoms. The summed E-state index contributed by atoms with van der Waals surface area (Å²) in [4.78, 5) is 15.5.